The number of benzene rings is 3. The largest absolute Gasteiger partial charge is 0.465 e. The molecule has 0 aromatic heterocycles. The summed E-state index contributed by atoms with van der Waals surface area (Å²) in [6, 6.07) is 21.2. The van der Waals surface area contributed by atoms with E-state index in [4.69, 9.17) is 28.9 Å². The summed E-state index contributed by atoms with van der Waals surface area (Å²) in [5.74, 6) is 1.07. The van der Waals surface area contributed by atoms with Gasteiger partial charge in [-0.05, 0) is 60.9 Å². The van der Waals surface area contributed by atoms with E-state index in [9.17, 15) is 23.4 Å². The zero-order valence-electron chi connectivity index (χ0n) is 32.2. The number of rotatable bonds is 18. The van der Waals surface area contributed by atoms with Gasteiger partial charge in [0.05, 0.1) is 36.3 Å². The van der Waals surface area contributed by atoms with Crippen LogP contribution in [0.1, 0.15) is 51.5 Å². The van der Waals surface area contributed by atoms with Gasteiger partial charge >= 0.3 is 12.1 Å². The van der Waals surface area contributed by atoms with Crippen LogP contribution >= 0.6 is 0 Å². The molecule has 3 aliphatic rings. The van der Waals surface area contributed by atoms with E-state index in [0.29, 0.717) is 43.2 Å². The van der Waals surface area contributed by atoms with Crippen molar-refractivity contribution in [3.8, 4) is 23.4 Å². The number of aliphatic imine (C=N–C) groups is 1. The first-order valence-electron chi connectivity index (χ1n) is 19.2. The van der Waals surface area contributed by atoms with Crippen LogP contribution in [0.2, 0.25) is 0 Å². The Balaban J connectivity index is 1.18. The molecule has 2 fully saturated rings. The van der Waals surface area contributed by atoms with Crippen LogP contribution in [0.4, 0.5) is 4.79 Å². The second kappa shape index (κ2) is 19.0. The van der Waals surface area contributed by atoms with Crippen molar-refractivity contribution in [3.63, 3.8) is 0 Å². The number of nitrogens with zero attached hydrogens (tertiary/aromatic N) is 4. The fraction of sp³-hybridized carbons (Fsp3) is 0.488. The van der Waals surface area contributed by atoms with E-state index in [1.54, 1.807) is 24.4 Å². The molecule has 3 heterocycles. The number of amides is 1. The average Bonchev–Trinajstić information content (AvgIpc) is 3.95. The first-order chi connectivity index (χ1) is 27.4. The van der Waals surface area contributed by atoms with Crippen LogP contribution in [0.15, 0.2) is 88.8 Å². The number of hydrogen-bond donors (Lipinski definition) is 3. The molecule has 0 saturated carbocycles. The number of unbranched alkanes of at least 4 members (excludes halogenated alkanes) is 2. The quantitative estimate of drug-likeness (QED) is 0.0659. The van der Waals surface area contributed by atoms with Crippen molar-refractivity contribution in [2.45, 2.75) is 81.7 Å². The number of aliphatic hydroxyl groups is 1. The standard InChI is InChI=1S/C41H51N5O10S/c1-41(2,19-10-5-11-20-43-39(44-27-42)56-30-14-8-4-9-15-30)26-45(57(50,51)31-16-17-36-37(23-31)55-28-54-36)24-35(47)33(22-29-12-6-3-7-13-29)46(40(48)49)34-25-53-38-32(34)18-21-52-38/h3-4,6-9,12-17,23,32-35,38,47H,5,10-11,18-22,24-26,28H2,1-2H3,(H,43,44)(H,48,49)/t32-,33-,34-,35+,38+/m0/s1. The summed E-state index contributed by atoms with van der Waals surface area (Å²) >= 11 is 0. The van der Waals surface area contributed by atoms with Crippen molar-refractivity contribution in [1.29, 1.82) is 5.26 Å². The number of hydrogen-bond acceptors (Lipinski definition) is 11. The molecule has 3 aliphatic heterocycles. The van der Waals surface area contributed by atoms with E-state index in [1.807, 2.05) is 62.4 Å². The lowest BCUT2D eigenvalue weighted by atomic mass is 9.86. The smallest absolute Gasteiger partial charge is 0.407 e. The fourth-order valence-corrected chi connectivity index (χ4v) is 9.36. The van der Waals surface area contributed by atoms with Crippen molar-refractivity contribution in [3.05, 3.63) is 84.4 Å². The summed E-state index contributed by atoms with van der Waals surface area (Å²) in [6.07, 6.45) is 2.27. The Hall–Kier alpha value is -4.92. The topological polar surface area (TPSA) is 192 Å². The highest BCUT2D eigenvalue weighted by Gasteiger charge is 2.49. The van der Waals surface area contributed by atoms with E-state index in [2.05, 4.69) is 10.3 Å². The lowest BCUT2D eigenvalue weighted by Crippen LogP contribution is -2.58. The van der Waals surface area contributed by atoms with Gasteiger partial charge < -0.3 is 39.2 Å². The van der Waals surface area contributed by atoms with Gasteiger partial charge in [0.15, 0.2) is 17.8 Å². The molecular weight excluding hydrogens is 755 g/mol. The number of ether oxygens (including phenoxy) is 5. The maximum atomic E-state index is 14.6. The Morgan fingerprint density at radius 1 is 1.04 bits per heavy atom. The molecule has 0 spiro atoms. The zero-order chi connectivity index (χ0) is 40.4. The van der Waals surface area contributed by atoms with Crippen LogP contribution in [0, 0.1) is 22.8 Å². The van der Waals surface area contributed by atoms with Crippen molar-refractivity contribution < 1.29 is 47.1 Å². The van der Waals surface area contributed by atoms with Gasteiger partial charge in [-0.25, -0.2) is 13.2 Å². The van der Waals surface area contributed by atoms with Crippen LogP contribution < -0.4 is 19.5 Å². The normalized spacial score (nSPS) is 20.1. The minimum absolute atomic E-state index is 0.0275. The Morgan fingerprint density at radius 2 is 1.77 bits per heavy atom. The number of carboxylic acid groups (broad SMARTS) is 1. The maximum Gasteiger partial charge on any atom is 0.407 e. The summed E-state index contributed by atoms with van der Waals surface area (Å²) in [4.78, 5) is 18.1. The number of para-hydroxylation sites is 1. The molecule has 306 valence electrons. The fourth-order valence-electron chi connectivity index (χ4n) is 7.70. The van der Waals surface area contributed by atoms with Crippen molar-refractivity contribution in [2.75, 3.05) is 39.6 Å². The van der Waals surface area contributed by atoms with Crippen LogP contribution in [0.3, 0.4) is 0 Å². The lowest BCUT2D eigenvalue weighted by Gasteiger charge is -2.40. The molecule has 0 bridgehead atoms. The summed E-state index contributed by atoms with van der Waals surface area (Å²) in [6.45, 7) is 4.66. The predicted molar refractivity (Wildman–Crippen MR) is 209 cm³/mol. The van der Waals surface area contributed by atoms with Crippen molar-refractivity contribution in [1.82, 2.24) is 14.5 Å². The Morgan fingerprint density at radius 3 is 2.51 bits per heavy atom. The first-order valence-corrected chi connectivity index (χ1v) is 20.7. The van der Waals surface area contributed by atoms with Crippen molar-refractivity contribution in [2.24, 2.45) is 16.3 Å². The molecule has 57 heavy (non-hydrogen) atoms. The average molecular weight is 806 g/mol. The summed E-state index contributed by atoms with van der Waals surface area (Å²) in [5, 5.41) is 35.1. The van der Waals surface area contributed by atoms with E-state index >= 15 is 0 Å². The summed E-state index contributed by atoms with van der Waals surface area (Å²) in [7, 11) is -4.25. The highest BCUT2D eigenvalue weighted by molar-refractivity contribution is 7.89. The molecule has 3 aromatic carbocycles. The number of carbonyl (C=O) groups is 1. The van der Waals surface area contributed by atoms with Gasteiger partial charge in [0.2, 0.25) is 23.0 Å². The van der Waals surface area contributed by atoms with E-state index in [0.717, 1.165) is 24.8 Å². The second-order valence-corrected chi connectivity index (χ2v) is 17.2. The zero-order valence-corrected chi connectivity index (χ0v) is 33.1. The van der Waals surface area contributed by atoms with Crippen LogP contribution in [0.5, 0.6) is 17.2 Å². The van der Waals surface area contributed by atoms with Crippen LogP contribution in [-0.4, -0.2) is 104 Å². The molecule has 15 nitrogen and oxygen atoms in total. The van der Waals surface area contributed by atoms with E-state index in [1.165, 1.54) is 21.3 Å². The van der Waals surface area contributed by atoms with Gasteiger partial charge in [-0.3, -0.25) is 4.90 Å². The minimum Gasteiger partial charge on any atom is -0.465 e. The molecular formula is C41H51N5O10S. The highest BCUT2D eigenvalue weighted by atomic mass is 32.2. The lowest BCUT2D eigenvalue weighted by molar-refractivity contribution is -0.0906. The first kappa shape index (κ1) is 41.7. The van der Waals surface area contributed by atoms with Gasteiger partial charge in [0.1, 0.15) is 5.75 Å². The summed E-state index contributed by atoms with van der Waals surface area (Å²) in [5.41, 5.74) is 0.235. The maximum absolute atomic E-state index is 14.6. The molecule has 0 radical (unpaired) electrons. The number of aliphatic hydroxyl groups excluding tert-OH is 1. The molecule has 3 aromatic rings. The molecule has 5 atom stereocenters. The molecule has 0 aliphatic carbocycles. The van der Waals surface area contributed by atoms with Gasteiger partial charge in [0.25, 0.3) is 0 Å². The molecule has 6 rings (SSSR count). The predicted octanol–water partition coefficient (Wildman–Crippen LogP) is 5.21. The molecule has 1 amide bonds. The van der Waals surface area contributed by atoms with Gasteiger partial charge in [-0.1, -0.05) is 75.2 Å². The van der Waals surface area contributed by atoms with Crippen LogP contribution in [0.25, 0.3) is 0 Å². The van der Waals surface area contributed by atoms with Gasteiger partial charge in [-0.15, -0.1) is 4.99 Å². The number of amidine groups is 1. The summed E-state index contributed by atoms with van der Waals surface area (Å²) < 4.78 is 58.6. The second-order valence-electron chi connectivity index (χ2n) is 15.3. The molecule has 2 saturated heterocycles. The minimum atomic E-state index is -4.25. The molecule has 3 N–H and O–H groups in total. The Kier molecular flexibility index (Phi) is 13.9. The van der Waals surface area contributed by atoms with Crippen LogP contribution in [-0.2, 0) is 25.9 Å². The third-order valence-electron chi connectivity index (χ3n) is 10.6. The van der Waals surface area contributed by atoms with Gasteiger partial charge in [-0.2, -0.15) is 9.57 Å². The highest BCUT2D eigenvalue weighted by Crippen LogP contribution is 2.38. The third-order valence-corrected chi connectivity index (χ3v) is 12.4. The number of nitrogens with one attached hydrogen (secondary N) is 1. The monoisotopic (exact) mass is 805 g/mol. The number of fused-ring (bicyclic) bond motifs is 2. The Labute approximate surface area is 333 Å². The number of sulfonamides is 1. The van der Waals surface area contributed by atoms with Gasteiger partial charge in [0, 0.05) is 31.6 Å². The third kappa shape index (κ3) is 10.7. The molecule has 0 unspecified atom stereocenters. The van der Waals surface area contributed by atoms with Crippen molar-refractivity contribution >= 4 is 22.1 Å². The number of nitriles is 1. The SMILES string of the molecule is CC(C)(CCCCCNC(=NC#N)Oc1ccccc1)CN(C[C@@H](O)[C@H](Cc1ccccc1)N(C(=O)O)[C@H]1CO[C@H]2OCC[C@H]21)S(=O)(=O)c1ccc2c(c1)OCO2. The molecule has 16 heteroatoms. The van der Waals surface area contributed by atoms with E-state index in [-0.39, 0.29) is 49.7 Å². The van der Waals surface area contributed by atoms with E-state index < -0.39 is 46.0 Å². The Bertz CT molecular complexity index is 1980.